The number of morpholine rings is 1. The molecule has 3 atom stereocenters. The SMILES string of the molecule is CNC(C)c1cc(F)ccc1N1CCOC2CCCCC21. The van der Waals surface area contributed by atoms with Crippen molar-refractivity contribution in [2.45, 2.75) is 50.8 Å². The molecule has 3 rings (SSSR count). The van der Waals surface area contributed by atoms with Gasteiger partial charge in [-0.05, 0) is 50.6 Å². The summed E-state index contributed by atoms with van der Waals surface area (Å²) in [7, 11) is 1.92. The maximum atomic E-state index is 13.7. The van der Waals surface area contributed by atoms with E-state index in [1.54, 1.807) is 12.1 Å². The van der Waals surface area contributed by atoms with Crippen LogP contribution in [0.15, 0.2) is 18.2 Å². The first-order valence-electron chi connectivity index (χ1n) is 8.05. The molecule has 4 heteroatoms. The number of ether oxygens (including phenoxy) is 1. The minimum atomic E-state index is -0.163. The Bertz CT molecular complexity index is 492. The highest BCUT2D eigenvalue weighted by molar-refractivity contribution is 5.56. The fourth-order valence-electron chi connectivity index (χ4n) is 3.68. The van der Waals surface area contributed by atoms with E-state index in [0.717, 1.165) is 25.1 Å². The quantitative estimate of drug-likeness (QED) is 0.925. The lowest BCUT2D eigenvalue weighted by Crippen LogP contribution is -2.53. The van der Waals surface area contributed by atoms with Gasteiger partial charge in [-0.1, -0.05) is 12.8 Å². The molecule has 2 aliphatic rings. The fourth-order valence-corrected chi connectivity index (χ4v) is 3.68. The molecule has 1 aliphatic carbocycles. The molecule has 1 aliphatic heterocycles. The minimum absolute atomic E-state index is 0.139. The Kier molecular flexibility index (Phi) is 4.45. The third-order valence-corrected chi connectivity index (χ3v) is 4.93. The summed E-state index contributed by atoms with van der Waals surface area (Å²) in [4.78, 5) is 2.45. The zero-order chi connectivity index (χ0) is 14.8. The lowest BCUT2D eigenvalue weighted by molar-refractivity contribution is -0.00876. The Labute approximate surface area is 126 Å². The maximum absolute atomic E-state index is 13.7. The van der Waals surface area contributed by atoms with Gasteiger partial charge in [-0.25, -0.2) is 4.39 Å². The Morgan fingerprint density at radius 2 is 2.14 bits per heavy atom. The van der Waals surface area contributed by atoms with Gasteiger partial charge >= 0.3 is 0 Å². The van der Waals surface area contributed by atoms with E-state index in [2.05, 4.69) is 17.1 Å². The zero-order valence-corrected chi connectivity index (χ0v) is 12.9. The van der Waals surface area contributed by atoms with E-state index in [-0.39, 0.29) is 11.9 Å². The number of hydrogen-bond donors (Lipinski definition) is 1. The third kappa shape index (κ3) is 2.92. The van der Waals surface area contributed by atoms with Crippen molar-refractivity contribution in [2.24, 2.45) is 0 Å². The molecule has 3 nitrogen and oxygen atoms in total. The first-order chi connectivity index (χ1) is 10.2. The van der Waals surface area contributed by atoms with Crippen molar-refractivity contribution < 1.29 is 9.13 Å². The molecule has 3 unspecified atom stereocenters. The molecule has 116 valence electrons. The van der Waals surface area contributed by atoms with Gasteiger partial charge in [-0.2, -0.15) is 0 Å². The van der Waals surface area contributed by atoms with Gasteiger partial charge in [0, 0.05) is 18.3 Å². The van der Waals surface area contributed by atoms with E-state index in [1.807, 2.05) is 13.1 Å². The number of benzene rings is 1. The molecule has 1 saturated heterocycles. The van der Waals surface area contributed by atoms with Crippen LogP contribution in [0.4, 0.5) is 10.1 Å². The topological polar surface area (TPSA) is 24.5 Å². The highest BCUT2D eigenvalue weighted by Gasteiger charge is 2.35. The summed E-state index contributed by atoms with van der Waals surface area (Å²) >= 11 is 0. The number of halogens is 1. The first-order valence-corrected chi connectivity index (χ1v) is 8.05. The Hall–Kier alpha value is -1.13. The summed E-state index contributed by atoms with van der Waals surface area (Å²) in [5, 5.41) is 3.24. The fraction of sp³-hybridized carbons (Fsp3) is 0.647. The molecular formula is C17H25FN2O. The Morgan fingerprint density at radius 1 is 1.33 bits per heavy atom. The number of nitrogens with zero attached hydrogens (tertiary/aromatic N) is 1. The van der Waals surface area contributed by atoms with Crippen LogP contribution >= 0.6 is 0 Å². The smallest absolute Gasteiger partial charge is 0.123 e. The molecule has 1 heterocycles. The summed E-state index contributed by atoms with van der Waals surface area (Å²) in [6.07, 6.45) is 5.20. The molecular weight excluding hydrogens is 267 g/mol. The highest BCUT2D eigenvalue weighted by atomic mass is 19.1. The predicted molar refractivity (Wildman–Crippen MR) is 83.2 cm³/mol. The van der Waals surface area contributed by atoms with Crippen LogP contribution in [0, 0.1) is 5.82 Å². The molecule has 0 bridgehead atoms. The molecule has 1 aromatic rings. The highest BCUT2D eigenvalue weighted by Crippen LogP contribution is 2.35. The number of hydrogen-bond acceptors (Lipinski definition) is 3. The summed E-state index contributed by atoms with van der Waals surface area (Å²) in [5.41, 5.74) is 2.21. The molecule has 0 radical (unpaired) electrons. The van der Waals surface area contributed by atoms with Crippen molar-refractivity contribution in [2.75, 3.05) is 25.1 Å². The average Bonchev–Trinajstić information content (AvgIpc) is 2.53. The molecule has 2 fully saturated rings. The van der Waals surface area contributed by atoms with Gasteiger partial charge < -0.3 is 15.0 Å². The van der Waals surface area contributed by atoms with Crippen molar-refractivity contribution in [3.63, 3.8) is 0 Å². The van der Waals surface area contributed by atoms with Gasteiger partial charge in [0.1, 0.15) is 5.82 Å². The van der Waals surface area contributed by atoms with Gasteiger partial charge in [0.25, 0.3) is 0 Å². The van der Waals surface area contributed by atoms with E-state index in [4.69, 9.17) is 4.74 Å². The molecule has 0 amide bonds. The van der Waals surface area contributed by atoms with Crippen LogP contribution < -0.4 is 10.2 Å². The monoisotopic (exact) mass is 292 g/mol. The van der Waals surface area contributed by atoms with Crippen molar-refractivity contribution in [3.05, 3.63) is 29.6 Å². The summed E-state index contributed by atoms with van der Waals surface area (Å²) in [5.74, 6) is -0.163. The maximum Gasteiger partial charge on any atom is 0.123 e. The van der Waals surface area contributed by atoms with Crippen molar-refractivity contribution in [1.29, 1.82) is 0 Å². The summed E-state index contributed by atoms with van der Waals surface area (Å²) < 4.78 is 19.6. The largest absolute Gasteiger partial charge is 0.374 e. The van der Waals surface area contributed by atoms with Crippen molar-refractivity contribution >= 4 is 5.69 Å². The molecule has 1 saturated carbocycles. The molecule has 1 N–H and O–H groups in total. The molecule has 1 aromatic carbocycles. The second-order valence-electron chi connectivity index (χ2n) is 6.17. The summed E-state index contributed by atoms with van der Waals surface area (Å²) in [6.45, 7) is 3.75. The second-order valence-corrected chi connectivity index (χ2v) is 6.17. The van der Waals surface area contributed by atoms with Crippen molar-refractivity contribution in [3.8, 4) is 0 Å². The van der Waals surface area contributed by atoms with Crippen LogP contribution in [0.2, 0.25) is 0 Å². The lowest BCUT2D eigenvalue weighted by atomic mass is 9.89. The van der Waals surface area contributed by atoms with Crippen molar-refractivity contribution in [1.82, 2.24) is 5.32 Å². The van der Waals surface area contributed by atoms with E-state index in [1.165, 1.54) is 24.9 Å². The number of fused-ring (bicyclic) bond motifs is 1. The van der Waals surface area contributed by atoms with Crippen LogP contribution in [0.3, 0.4) is 0 Å². The number of anilines is 1. The predicted octanol–water partition coefficient (Wildman–Crippen LogP) is 3.25. The second kappa shape index (κ2) is 6.32. The van der Waals surface area contributed by atoms with Gasteiger partial charge in [0.05, 0.1) is 18.8 Å². The third-order valence-electron chi connectivity index (χ3n) is 4.93. The van der Waals surface area contributed by atoms with E-state index in [0.29, 0.717) is 12.1 Å². The standard InChI is InChI=1S/C17H25FN2O/c1-12(19-2)14-11-13(18)7-8-15(14)20-9-10-21-17-6-4-3-5-16(17)20/h7-8,11-12,16-17,19H,3-6,9-10H2,1-2H3. The zero-order valence-electron chi connectivity index (χ0n) is 12.9. The first kappa shape index (κ1) is 14.8. The van der Waals surface area contributed by atoms with Crippen LogP contribution in [-0.2, 0) is 4.74 Å². The van der Waals surface area contributed by atoms with Crippen LogP contribution in [-0.4, -0.2) is 32.3 Å². The van der Waals surface area contributed by atoms with E-state index >= 15 is 0 Å². The van der Waals surface area contributed by atoms with E-state index < -0.39 is 0 Å². The van der Waals surface area contributed by atoms with Gasteiger partial charge in [-0.15, -0.1) is 0 Å². The Morgan fingerprint density at radius 3 is 2.95 bits per heavy atom. The van der Waals surface area contributed by atoms with Crippen LogP contribution in [0.25, 0.3) is 0 Å². The van der Waals surface area contributed by atoms with Crippen LogP contribution in [0.1, 0.15) is 44.2 Å². The molecule has 0 spiro atoms. The summed E-state index contributed by atoms with van der Waals surface area (Å²) in [6, 6.07) is 5.77. The van der Waals surface area contributed by atoms with Gasteiger partial charge in [0.2, 0.25) is 0 Å². The minimum Gasteiger partial charge on any atom is -0.374 e. The van der Waals surface area contributed by atoms with Gasteiger partial charge in [-0.3, -0.25) is 0 Å². The number of rotatable bonds is 3. The number of nitrogens with one attached hydrogen (secondary N) is 1. The van der Waals surface area contributed by atoms with Gasteiger partial charge in [0.15, 0.2) is 0 Å². The molecule has 0 aromatic heterocycles. The Balaban J connectivity index is 1.94. The molecule has 21 heavy (non-hydrogen) atoms. The normalized spacial score (nSPS) is 27.3. The van der Waals surface area contributed by atoms with Crippen LogP contribution in [0.5, 0.6) is 0 Å². The lowest BCUT2D eigenvalue weighted by Gasteiger charge is -2.46. The average molecular weight is 292 g/mol. The van der Waals surface area contributed by atoms with E-state index in [9.17, 15) is 4.39 Å².